The molecule has 0 aromatic heterocycles. The van der Waals surface area contributed by atoms with E-state index in [0.29, 0.717) is 5.39 Å². The minimum absolute atomic E-state index is 0.0314. The summed E-state index contributed by atoms with van der Waals surface area (Å²) < 4.78 is 27.2. The second-order valence-electron chi connectivity index (χ2n) is 3.28. The van der Waals surface area contributed by atoms with Gasteiger partial charge in [0.1, 0.15) is 5.82 Å². The maximum absolute atomic E-state index is 13.7. The van der Waals surface area contributed by atoms with Crippen molar-refractivity contribution in [1.82, 2.24) is 0 Å². The minimum atomic E-state index is -0.639. The number of anilines is 2. The molecule has 3 N–H and O–H groups in total. The van der Waals surface area contributed by atoms with Crippen molar-refractivity contribution in [1.29, 1.82) is 0 Å². The Labute approximate surface area is 85.7 Å². The highest BCUT2D eigenvalue weighted by molar-refractivity contribution is 5.89. The molecule has 0 atom stereocenters. The number of hydrogen-bond donors (Lipinski definition) is 2. The molecule has 0 aliphatic rings. The zero-order chi connectivity index (χ0) is 11.0. The third-order valence-corrected chi connectivity index (χ3v) is 2.30. The van der Waals surface area contributed by atoms with Crippen LogP contribution in [0.5, 0.6) is 0 Å². The molecule has 0 saturated carbocycles. The number of nitrogens with two attached hydrogens (primary N) is 1. The van der Waals surface area contributed by atoms with Crippen LogP contribution in [0.3, 0.4) is 0 Å². The normalized spacial score (nSPS) is 10.6. The SMILES string of the molecule is CNc1ccc2cc(N)cc(F)c2c1F. The van der Waals surface area contributed by atoms with Gasteiger partial charge >= 0.3 is 0 Å². The van der Waals surface area contributed by atoms with Crippen molar-refractivity contribution in [2.45, 2.75) is 0 Å². The molecule has 0 aliphatic carbocycles. The van der Waals surface area contributed by atoms with E-state index in [2.05, 4.69) is 5.32 Å². The second kappa shape index (κ2) is 3.38. The molecule has 0 unspecified atom stereocenters. The first kappa shape index (κ1) is 9.71. The van der Waals surface area contributed by atoms with Gasteiger partial charge in [0.15, 0.2) is 5.82 Å². The van der Waals surface area contributed by atoms with Crippen LogP contribution in [-0.2, 0) is 0 Å². The molecule has 4 heteroatoms. The zero-order valence-electron chi connectivity index (χ0n) is 8.14. The summed E-state index contributed by atoms with van der Waals surface area (Å²) >= 11 is 0. The highest BCUT2D eigenvalue weighted by Gasteiger charge is 2.11. The molecule has 0 bridgehead atoms. The number of rotatable bonds is 1. The highest BCUT2D eigenvalue weighted by Crippen LogP contribution is 2.28. The van der Waals surface area contributed by atoms with E-state index >= 15 is 0 Å². The Kier molecular flexibility index (Phi) is 2.19. The molecule has 0 spiro atoms. The Morgan fingerprint density at radius 3 is 2.60 bits per heavy atom. The molecule has 0 radical (unpaired) electrons. The molecule has 0 fully saturated rings. The Bertz CT molecular complexity index is 523. The van der Waals surface area contributed by atoms with Crippen molar-refractivity contribution < 1.29 is 8.78 Å². The monoisotopic (exact) mass is 208 g/mol. The van der Waals surface area contributed by atoms with Crippen molar-refractivity contribution in [3.8, 4) is 0 Å². The van der Waals surface area contributed by atoms with Crippen molar-refractivity contribution in [3.63, 3.8) is 0 Å². The predicted octanol–water partition coefficient (Wildman–Crippen LogP) is 2.74. The maximum Gasteiger partial charge on any atom is 0.157 e. The fraction of sp³-hybridized carbons (Fsp3) is 0.0909. The third kappa shape index (κ3) is 1.48. The van der Waals surface area contributed by atoms with Crippen LogP contribution in [0.25, 0.3) is 10.8 Å². The Balaban J connectivity index is 2.87. The lowest BCUT2D eigenvalue weighted by Crippen LogP contribution is -1.96. The quantitative estimate of drug-likeness (QED) is 0.707. The average molecular weight is 208 g/mol. The van der Waals surface area contributed by atoms with E-state index in [4.69, 9.17) is 5.73 Å². The Hall–Kier alpha value is -1.84. The molecule has 2 nitrogen and oxygen atoms in total. The second-order valence-corrected chi connectivity index (χ2v) is 3.28. The van der Waals surface area contributed by atoms with E-state index in [0.717, 1.165) is 6.07 Å². The molecule has 0 aliphatic heterocycles. The van der Waals surface area contributed by atoms with Gasteiger partial charge in [-0.3, -0.25) is 0 Å². The average Bonchev–Trinajstić information content (AvgIpc) is 2.17. The van der Waals surface area contributed by atoms with Crippen LogP contribution in [-0.4, -0.2) is 7.05 Å². The summed E-state index contributed by atoms with van der Waals surface area (Å²) in [5.41, 5.74) is 6.03. The number of fused-ring (bicyclic) bond motifs is 1. The summed E-state index contributed by atoms with van der Waals surface area (Å²) in [5.74, 6) is -1.23. The fourth-order valence-electron chi connectivity index (χ4n) is 1.59. The standard InChI is InChI=1S/C11H10F2N2/c1-15-9-3-2-6-4-7(14)5-8(12)10(6)11(9)13/h2-5,15H,14H2,1H3. The van der Waals surface area contributed by atoms with Crippen LogP contribution in [0.2, 0.25) is 0 Å². The van der Waals surface area contributed by atoms with Crippen molar-refractivity contribution in [3.05, 3.63) is 35.9 Å². The van der Waals surface area contributed by atoms with E-state index in [1.54, 1.807) is 25.2 Å². The lowest BCUT2D eigenvalue weighted by molar-refractivity contribution is 0.610. The van der Waals surface area contributed by atoms with E-state index in [1.165, 1.54) is 0 Å². The summed E-state index contributed by atoms with van der Waals surface area (Å²) in [6.45, 7) is 0. The number of hydrogen-bond acceptors (Lipinski definition) is 2. The molecule has 15 heavy (non-hydrogen) atoms. The molecular formula is C11H10F2N2. The number of benzene rings is 2. The molecule has 0 heterocycles. The van der Waals surface area contributed by atoms with Gasteiger partial charge in [0, 0.05) is 12.7 Å². The zero-order valence-corrected chi connectivity index (χ0v) is 8.14. The number of nitrogen functional groups attached to an aromatic ring is 1. The van der Waals surface area contributed by atoms with Crippen LogP contribution < -0.4 is 11.1 Å². The lowest BCUT2D eigenvalue weighted by Gasteiger charge is -2.07. The van der Waals surface area contributed by atoms with Crippen LogP contribution >= 0.6 is 0 Å². The lowest BCUT2D eigenvalue weighted by atomic mass is 10.1. The van der Waals surface area contributed by atoms with E-state index in [-0.39, 0.29) is 16.8 Å². The summed E-state index contributed by atoms with van der Waals surface area (Å²) in [6.07, 6.45) is 0. The van der Waals surface area contributed by atoms with Gasteiger partial charge in [-0.05, 0) is 23.6 Å². The first-order valence-corrected chi connectivity index (χ1v) is 4.48. The van der Waals surface area contributed by atoms with Crippen molar-refractivity contribution in [2.75, 3.05) is 18.1 Å². The first-order chi connectivity index (χ1) is 7.13. The molecule has 2 rings (SSSR count). The number of halogens is 2. The van der Waals surface area contributed by atoms with E-state index in [1.807, 2.05) is 0 Å². The third-order valence-electron chi connectivity index (χ3n) is 2.30. The van der Waals surface area contributed by atoms with E-state index in [9.17, 15) is 8.78 Å². The van der Waals surface area contributed by atoms with Gasteiger partial charge < -0.3 is 11.1 Å². The molecule has 0 amide bonds. The largest absolute Gasteiger partial charge is 0.399 e. The topological polar surface area (TPSA) is 38.0 Å². The first-order valence-electron chi connectivity index (χ1n) is 4.48. The maximum atomic E-state index is 13.7. The van der Waals surface area contributed by atoms with Gasteiger partial charge in [0.25, 0.3) is 0 Å². The molecule has 78 valence electrons. The van der Waals surface area contributed by atoms with Crippen LogP contribution in [0.4, 0.5) is 20.2 Å². The summed E-state index contributed by atoms with van der Waals surface area (Å²) in [6, 6.07) is 5.84. The summed E-state index contributed by atoms with van der Waals surface area (Å²) in [5, 5.41) is 3.09. The van der Waals surface area contributed by atoms with E-state index < -0.39 is 11.6 Å². The van der Waals surface area contributed by atoms with Crippen LogP contribution in [0.15, 0.2) is 24.3 Å². The smallest absolute Gasteiger partial charge is 0.157 e. The van der Waals surface area contributed by atoms with Gasteiger partial charge in [-0.2, -0.15) is 0 Å². The molecule has 2 aromatic carbocycles. The van der Waals surface area contributed by atoms with Gasteiger partial charge in [-0.15, -0.1) is 0 Å². The molecule has 2 aromatic rings. The van der Waals surface area contributed by atoms with Gasteiger partial charge in [0.2, 0.25) is 0 Å². The Morgan fingerprint density at radius 1 is 1.20 bits per heavy atom. The number of nitrogens with one attached hydrogen (secondary N) is 1. The van der Waals surface area contributed by atoms with Gasteiger partial charge in [-0.1, -0.05) is 6.07 Å². The molecule has 0 saturated heterocycles. The molecular weight excluding hydrogens is 198 g/mol. The van der Waals surface area contributed by atoms with Gasteiger partial charge in [0.05, 0.1) is 11.1 Å². The van der Waals surface area contributed by atoms with Crippen LogP contribution in [0, 0.1) is 11.6 Å². The van der Waals surface area contributed by atoms with Gasteiger partial charge in [-0.25, -0.2) is 8.78 Å². The Morgan fingerprint density at radius 2 is 1.93 bits per heavy atom. The minimum Gasteiger partial charge on any atom is -0.399 e. The fourth-order valence-corrected chi connectivity index (χ4v) is 1.59. The predicted molar refractivity (Wildman–Crippen MR) is 57.8 cm³/mol. The van der Waals surface area contributed by atoms with Crippen LogP contribution in [0.1, 0.15) is 0 Å². The summed E-state index contributed by atoms with van der Waals surface area (Å²) in [4.78, 5) is 0. The summed E-state index contributed by atoms with van der Waals surface area (Å²) in [7, 11) is 1.58. The van der Waals surface area contributed by atoms with Crippen molar-refractivity contribution >= 4 is 22.1 Å². The highest BCUT2D eigenvalue weighted by atomic mass is 19.1. The van der Waals surface area contributed by atoms with Crippen molar-refractivity contribution in [2.24, 2.45) is 0 Å².